The van der Waals surface area contributed by atoms with Gasteiger partial charge < -0.3 is 13.9 Å². The zero-order valence-corrected chi connectivity index (χ0v) is 5.59. The number of halogens is 1. The molecule has 0 amide bonds. The maximum atomic E-state index is 12.4. The van der Waals surface area contributed by atoms with Crippen molar-refractivity contribution in [3.05, 3.63) is 30.2 Å². The Bertz CT molecular complexity index is 303. The van der Waals surface area contributed by atoms with Crippen LogP contribution in [0.25, 0.3) is 0 Å². The Balaban J connectivity index is 2.41. The van der Waals surface area contributed by atoms with Crippen molar-refractivity contribution in [2.75, 3.05) is 0 Å². The van der Waals surface area contributed by atoms with Crippen LogP contribution in [0.5, 0.6) is 5.95 Å². The molecule has 0 radical (unpaired) electrons. The Morgan fingerprint density at radius 3 is 3.18 bits per heavy atom. The lowest BCUT2D eigenvalue weighted by Crippen LogP contribution is -2.05. The molecule has 1 aliphatic heterocycles. The fourth-order valence-corrected chi connectivity index (χ4v) is 0.858. The van der Waals surface area contributed by atoms with Gasteiger partial charge >= 0.3 is 5.95 Å². The van der Waals surface area contributed by atoms with E-state index in [0.717, 1.165) is 0 Å². The van der Waals surface area contributed by atoms with E-state index in [1.807, 2.05) is 0 Å². The molecule has 0 fully saturated rings. The summed E-state index contributed by atoms with van der Waals surface area (Å²) in [5, 5.41) is 0. The van der Waals surface area contributed by atoms with Gasteiger partial charge in [0.2, 0.25) is 0 Å². The molecular weight excluding hydrogens is 151 g/mol. The number of hydrogen-bond acceptors (Lipinski definition) is 3. The second-order valence-corrected chi connectivity index (χ2v) is 2.13. The van der Waals surface area contributed by atoms with Crippen molar-refractivity contribution in [1.29, 1.82) is 0 Å². The fourth-order valence-electron chi connectivity index (χ4n) is 0.858. The van der Waals surface area contributed by atoms with Gasteiger partial charge in [0.25, 0.3) is 12.0 Å². The van der Waals surface area contributed by atoms with Gasteiger partial charge in [-0.05, 0) is 6.58 Å². The maximum absolute atomic E-state index is 12.4. The topological polar surface area (TPSA) is 31.6 Å². The normalized spacial score (nSPS) is 15.2. The second kappa shape index (κ2) is 2.02. The summed E-state index contributed by atoms with van der Waals surface area (Å²) >= 11 is 0. The average Bonchev–Trinajstić information content (AvgIpc) is 2.27. The molecule has 0 spiro atoms. The first kappa shape index (κ1) is 6.27. The van der Waals surface area contributed by atoms with Crippen molar-refractivity contribution in [2.24, 2.45) is 0 Å². The molecule has 0 unspecified atom stereocenters. The van der Waals surface area contributed by atoms with Crippen LogP contribution in [-0.4, -0.2) is 0 Å². The third kappa shape index (κ3) is 0.960. The van der Waals surface area contributed by atoms with Crippen LogP contribution >= 0.6 is 0 Å². The molecule has 58 valence electrons. The summed E-state index contributed by atoms with van der Waals surface area (Å²) in [7, 11) is 0. The van der Waals surface area contributed by atoms with Crippen molar-refractivity contribution >= 4 is 0 Å². The van der Waals surface area contributed by atoms with Gasteiger partial charge in [-0.1, -0.05) is 0 Å². The van der Waals surface area contributed by atoms with E-state index in [1.54, 1.807) is 0 Å². The predicted molar refractivity (Wildman–Crippen MR) is 33.2 cm³/mol. The molecule has 2 heterocycles. The Morgan fingerprint density at radius 2 is 2.36 bits per heavy atom. The first-order valence-electron chi connectivity index (χ1n) is 3.03. The summed E-state index contributed by atoms with van der Waals surface area (Å²) in [5.41, 5.74) is 0.565. The van der Waals surface area contributed by atoms with Gasteiger partial charge in [-0.3, -0.25) is 0 Å². The highest BCUT2D eigenvalue weighted by molar-refractivity contribution is 5.25. The SMILES string of the molecule is C=C1OCc2cc(F)oc2O1. The zero-order valence-electron chi connectivity index (χ0n) is 5.59. The molecule has 0 atom stereocenters. The third-order valence-electron chi connectivity index (χ3n) is 1.34. The largest absolute Gasteiger partial charge is 0.460 e. The molecule has 11 heavy (non-hydrogen) atoms. The smallest absolute Gasteiger partial charge is 0.301 e. The van der Waals surface area contributed by atoms with Crippen LogP contribution in [0, 0.1) is 6.01 Å². The molecular formula is C7H5FO3. The van der Waals surface area contributed by atoms with Crippen LogP contribution in [0.3, 0.4) is 0 Å². The number of hydrogen-bond donors (Lipinski definition) is 0. The minimum Gasteiger partial charge on any atom is -0.460 e. The minimum absolute atomic E-state index is 0.131. The van der Waals surface area contributed by atoms with E-state index in [2.05, 4.69) is 11.0 Å². The summed E-state index contributed by atoms with van der Waals surface area (Å²) in [6.07, 6.45) is 0. The summed E-state index contributed by atoms with van der Waals surface area (Å²) < 4.78 is 26.6. The van der Waals surface area contributed by atoms with Crippen LogP contribution in [-0.2, 0) is 11.3 Å². The average molecular weight is 156 g/mol. The summed E-state index contributed by atoms with van der Waals surface area (Å²) in [6.45, 7) is 3.65. The van der Waals surface area contributed by atoms with Gasteiger partial charge in [0.1, 0.15) is 6.61 Å². The first-order valence-corrected chi connectivity index (χ1v) is 3.03. The summed E-state index contributed by atoms with van der Waals surface area (Å²) in [4.78, 5) is 0. The summed E-state index contributed by atoms with van der Waals surface area (Å²) in [5.74, 6) is 0.269. The molecule has 2 rings (SSSR count). The fraction of sp³-hybridized carbons (Fsp3) is 0.143. The van der Waals surface area contributed by atoms with Gasteiger partial charge in [-0.2, -0.15) is 4.39 Å². The molecule has 3 nitrogen and oxygen atoms in total. The van der Waals surface area contributed by atoms with Crippen LogP contribution in [0.4, 0.5) is 4.39 Å². The molecule has 0 aliphatic carbocycles. The van der Waals surface area contributed by atoms with E-state index in [4.69, 9.17) is 9.47 Å². The van der Waals surface area contributed by atoms with Crippen molar-refractivity contribution in [2.45, 2.75) is 6.61 Å². The molecule has 4 heteroatoms. The van der Waals surface area contributed by atoms with Gasteiger partial charge in [0.15, 0.2) is 0 Å². The molecule has 0 N–H and O–H groups in total. The number of fused-ring (bicyclic) bond motifs is 1. The molecule has 1 aliphatic rings. The molecule has 0 bridgehead atoms. The third-order valence-corrected chi connectivity index (χ3v) is 1.34. The highest BCUT2D eigenvalue weighted by atomic mass is 19.1. The van der Waals surface area contributed by atoms with Gasteiger partial charge in [-0.25, -0.2) is 0 Å². The van der Waals surface area contributed by atoms with Crippen molar-refractivity contribution < 1.29 is 18.3 Å². The maximum Gasteiger partial charge on any atom is 0.301 e. The van der Waals surface area contributed by atoms with E-state index >= 15 is 0 Å². The standard InChI is InChI=1S/C7H5FO3/c1-4-9-3-5-2-6(8)11-7(5)10-4/h2H,1,3H2. The quantitative estimate of drug-likeness (QED) is 0.573. The molecule has 1 aromatic heterocycles. The molecule has 1 aromatic rings. The van der Waals surface area contributed by atoms with Gasteiger partial charge in [-0.15, -0.1) is 0 Å². The van der Waals surface area contributed by atoms with Crippen LogP contribution < -0.4 is 4.74 Å². The van der Waals surface area contributed by atoms with E-state index in [0.29, 0.717) is 5.56 Å². The Hall–Kier alpha value is -1.45. The van der Waals surface area contributed by atoms with Crippen LogP contribution in [0.15, 0.2) is 23.0 Å². The Labute approximate surface area is 62.0 Å². The lowest BCUT2D eigenvalue weighted by molar-refractivity contribution is 0.0534. The van der Waals surface area contributed by atoms with E-state index < -0.39 is 6.01 Å². The Kier molecular flexibility index (Phi) is 1.15. The van der Waals surface area contributed by atoms with Gasteiger partial charge in [0, 0.05) is 6.07 Å². The second-order valence-electron chi connectivity index (χ2n) is 2.13. The highest BCUT2D eigenvalue weighted by Crippen LogP contribution is 2.29. The van der Waals surface area contributed by atoms with E-state index in [9.17, 15) is 4.39 Å². The highest BCUT2D eigenvalue weighted by Gasteiger charge is 2.19. The lowest BCUT2D eigenvalue weighted by Gasteiger charge is -2.13. The lowest BCUT2D eigenvalue weighted by atomic mass is 10.3. The molecule has 0 saturated heterocycles. The molecule has 0 saturated carbocycles. The monoisotopic (exact) mass is 156 g/mol. The predicted octanol–water partition coefficient (Wildman–Crippen LogP) is 1.80. The van der Waals surface area contributed by atoms with E-state index in [-0.39, 0.29) is 18.5 Å². The summed E-state index contributed by atoms with van der Waals surface area (Å²) in [6, 6.07) is 0.551. The zero-order chi connectivity index (χ0) is 7.84. The van der Waals surface area contributed by atoms with Crippen LogP contribution in [0.2, 0.25) is 0 Å². The van der Waals surface area contributed by atoms with Crippen LogP contribution in [0.1, 0.15) is 5.56 Å². The van der Waals surface area contributed by atoms with Crippen molar-refractivity contribution in [3.63, 3.8) is 0 Å². The number of rotatable bonds is 0. The van der Waals surface area contributed by atoms with Crippen molar-refractivity contribution in [1.82, 2.24) is 0 Å². The molecule has 0 aromatic carbocycles. The Morgan fingerprint density at radius 1 is 1.55 bits per heavy atom. The first-order chi connectivity index (χ1) is 5.25. The van der Waals surface area contributed by atoms with Gasteiger partial charge in [0.05, 0.1) is 5.56 Å². The number of furan rings is 1. The van der Waals surface area contributed by atoms with Crippen molar-refractivity contribution in [3.8, 4) is 5.95 Å². The minimum atomic E-state index is -0.673. The number of ether oxygens (including phenoxy) is 2. The van der Waals surface area contributed by atoms with E-state index in [1.165, 1.54) is 6.07 Å².